The molecule has 1 aromatic carbocycles. The van der Waals surface area contributed by atoms with Crippen LogP contribution in [-0.4, -0.2) is 24.2 Å². The Hall–Kier alpha value is -1.34. The maximum Gasteiger partial charge on any atom is 0.417 e. The zero-order valence-electron chi connectivity index (χ0n) is 11.6. The summed E-state index contributed by atoms with van der Waals surface area (Å²) in [5.41, 5.74) is 4.49. The molecule has 1 aliphatic carbocycles. The summed E-state index contributed by atoms with van der Waals surface area (Å²) in [4.78, 5) is -0.263. The Kier molecular flexibility index (Phi) is 4.43. The lowest BCUT2D eigenvalue weighted by Gasteiger charge is -2.40. The molecule has 1 aromatic rings. The van der Waals surface area contributed by atoms with Crippen molar-refractivity contribution in [2.75, 3.05) is 19.0 Å². The van der Waals surface area contributed by atoms with Crippen molar-refractivity contribution in [2.45, 2.75) is 31.0 Å². The lowest BCUT2D eigenvalue weighted by Crippen LogP contribution is -2.45. The first-order valence-electron chi connectivity index (χ1n) is 6.57. The van der Waals surface area contributed by atoms with Crippen LogP contribution in [0, 0.1) is 0 Å². The largest absolute Gasteiger partial charge is 0.417 e. The maximum absolute atomic E-state index is 13.0. The van der Waals surface area contributed by atoms with Gasteiger partial charge in [-0.05, 0) is 37.5 Å². The fourth-order valence-corrected chi connectivity index (χ4v) is 2.57. The molecule has 1 fully saturated rings. The zero-order valence-corrected chi connectivity index (χ0v) is 12.4. The molecule has 116 valence electrons. The van der Waals surface area contributed by atoms with Crippen LogP contribution in [0.5, 0.6) is 0 Å². The summed E-state index contributed by atoms with van der Waals surface area (Å²) >= 11 is 4.67. The Labute approximate surface area is 126 Å². The molecule has 0 saturated heterocycles. The zero-order chi connectivity index (χ0) is 15.7. The van der Waals surface area contributed by atoms with Gasteiger partial charge in [0, 0.05) is 24.9 Å². The van der Waals surface area contributed by atoms with Crippen LogP contribution in [0.2, 0.25) is 0 Å². The number of ether oxygens (including phenoxy) is 1. The Bertz CT molecular complexity index is 536. The Morgan fingerprint density at radius 3 is 2.52 bits per heavy atom. The van der Waals surface area contributed by atoms with Gasteiger partial charge in [0.1, 0.15) is 4.99 Å². The normalized spacial score (nSPS) is 17.1. The van der Waals surface area contributed by atoms with Gasteiger partial charge in [0.25, 0.3) is 0 Å². The van der Waals surface area contributed by atoms with Crippen LogP contribution in [0.3, 0.4) is 0 Å². The van der Waals surface area contributed by atoms with Crippen molar-refractivity contribution in [3.05, 3.63) is 29.3 Å². The molecule has 0 aromatic heterocycles. The van der Waals surface area contributed by atoms with E-state index in [1.54, 1.807) is 13.2 Å². The molecule has 0 spiro atoms. The molecule has 21 heavy (non-hydrogen) atoms. The number of hydrogen-bond donors (Lipinski definition) is 2. The van der Waals surface area contributed by atoms with Crippen LogP contribution in [0.1, 0.15) is 30.4 Å². The molecule has 0 atom stereocenters. The number of nitrogens with two attached hydrogens (primary N) is 1. The summed E-state index contributed by atoms with van der Waals surface area (Å²) in [6.45, 7) is 0.479. The van der Waals surface area contributed by atoms with Crippen LogP contribution in [0.25, 0.3) is 0 Å². The second kappa shape index (κ2) is 5.81. The van der Waals surface area contributed by atoms with E-state index < -0.39 is 11.7 Å². The number of rotatable bonds is 5. The number of nitrogens with one attached hydrogen (secondary N) is 1. The Morgan fingerprint density at radius 2 is 2.10 bits per heavy atom. The highest BCUT2D eigenvalue weighted by molar-refractivity contribution is 7.80. The highest BCUT2D eigenvalue weighted by Gasteiger charge is 2.37. The van der Waals surface area contributed by atoms with Gasteiger partial charge in [0.15, 0.2) is 0 Å². The molecule has 0 amide bonds. The monoisotopic (exact) mass is 318 g/mol. The smallest absolute Gasteiger partial charge is 0.389 e. The second-order valence-electron chi connectivity index (χ2n) is 5.22. The SMILES string of the molecule is COC1(CNc2ccc(C(N)=S)c(C(F)(F)F)c2)CCC1. The minimum absolute atomic E-state index is 0.159. The van der Waals surface area contributed by atoms with Gasteiger partial charge in [-0.15, -0.1) is 0 Å². The van der Waals surface area contributed by atoms with E-state index in [4.69, 9.17) is 10.5 Å². The van der Waals surface area contributed by atoms with E-state index in [9.17, 15) is 13.2 Å². The van der Waals surface area contributed by atoms with Gasteiger partial charge in [-0.3, -0.25) is 0 Å². The van der Waals surface area contributed by atoms with Crippen molar-refractivity contribution in [1.82, 2.24) is 0 Å². The molecule has 3 nitrogen and oxygen atoms in total. The van der Waals surface area contributed by atoms with Crippen LogP contribution in [-0.2, 0) is 10.9 Å². The predicted octanol–water partition coefficient (Wildman–Crippen LogP) is 3.32. The van der Waals surface area contributed by atoms with E-state index in [2.05, 4.69) is 17.5 Å². The van der Waals surface area contributed by atoms with Crippen molar-refractivity contribution in [3.8, 4) is 0 Å². The topological polar surface area (TPSA) is 47.3 Å². The average Bonchev–Trinajstić information content (AvgIpc) is 2.36. The van der Waals surface area contributed by atoms with Crippen LogP contribution < -0.4 is 11.1 Å². The summed E-state index contributed by atoms with van der Waals surface area (Å²) in [7, 11) is 1.62. The number of methoxy groups -OCH3 is 1. The standard InChI is InChI=1S/C14H17F3N2OS/c1-20-13(5-2-6-13)8-19-9-3-4-10(12(18)21)11(7-9)14(15,16)17/h3-4,7,19H,2,5-6,8H2,1H3,(H2,18,21). The van der Waals surface area contributed by atoms with E-state index in [0.717, 1.165) is 25.3 Å². The molecular formula is C14H17F3N2OS. The number of halogens is 3. The van der Waals surface area contributed by atoms with E-state index in [-0.39, 0.29) is 16.2 Å². The highest BCUT2D eigenvalue weighted by atomic mass is 32.1. The Balaban J connectivity index is 2.20. The molecule has 2 rings (SSSR count). The predicted molar refractivity (Wildman–Crippen MR) is 79.4 cm³/mol. The number of anilines is 1. The average molecular weight is 318 g/mol. The quantitative estimate of drug-likeness (QED) is 0.818. The first-order valence-corrected chi connectivity index (χ1v) is 6.98. The van der Waals surface area contributed by atoms with Gasteiger partial charge in [-0.25, -0.2) is 0 Å². The fourth-order valence-electron chi connectivity index (χ4n) is 2.39. The van der Waals surface area contributed by atoms with Gasteiger partial charge >= 0.3 is 6.18 Å². The first-order chi connectivity index (χ1) is 9.77. The maximum atomic E-state index is 13.0. The molecule has 1 aliphatic rings. The molecule has 3 N–H and O–H groups in total. The summed E-state index contributed by atoms with van der Waals surface area (Å²) in [6.07, 6.45) is -1.60. The summed E-state index contributed by atoms with van der Waals surface area (Å²) in [6, 6.07) is 3.88. The van der Waals surface area contributed by atoms with Gasteiger partial charge < -0.3 is 15.8 Å². The second-order valence-corrected chi connectivity index (χ2v) is 5.66. The lowest BCUT2D eigenvalue weighted by molar-refractivity contribution is -0.137. The van der Waals surface area contributed by atoms with Gasteiger partial charge in [0.2, 0.25) is 0 Å². The van der Waals surface area contributed by atoms with Crippen LogP contribution >= 0.6 is 12.2 Å². The third-order valence-corrected chi connectivity index (χ3v) is 4.12. The third-order valence-electron chi connectivity index (χ3n) is 3.90. The molecule has 1 saturated carbocycles. The molecule has 0 radical (unpaired) electrons. The van der Waals surface area contributed by atoms with Crippen molar-refractivity contribution < 1.29 is 17.9 Å². The summed E-state index contributed by atoms with van der Waals surface area (Å²) < 4.78 is 44.5. The lowest BCUT2D eigenvalue weighted by atomic mass is 9.80. The van der Waals surface area contributed by atoms with Gasteiger partial charge in [-0.1, -0.05) is 12.2 Å². The first kappa shape index (κ1) is 16.0. The van der Waals surface area contributed by atoms with Crippen molar-refractivity contribution >= 4 is 22.9 Å². The molecule has 0 bridgehead atoms. The number of hydrogen-bond acceptors (Lipinski definition) is 3. The minimum Gasteiger partial charge on any atom is -0.389 e. The van der Waals surface area contributed by atoms with Crippen LogP contribution in [0.15, 0.2) is 18.2 Å². The summed E-state index contributed by atoms with van der Waals surface area (Å²) in [5.74, 6) is 0. The minimum atomic E-state index is -4.49. The van der Waals surface area contributed by atoms with E-state index in [1.807, 2.05) is 0 Å². The molecular weight excluding hydrogens is 301 g/mol. The van der Waals surface area contributed by atoms with Crippen molar-refractivity contribution in [1.29, 1.82) is 0 Å². The Morgan fingerprint density at radius 1 is 1.43 bits per heavy atom. The van der Waals surface area contributed by atoms with Gasteiger partial charge in [0.05, 0.1) is 11.2 Å². The van der Waals surface area contributed by atoms with Gasteiger partial charge in [-0.2, -0.15) is 13.2 Å². The van der Waals surface area contributed by atoms with Crippen molar-refractivity contribution in [3.63, 3.8) is 0 Å². The van der Waals surface area contributed by atoms with Crippen LogP contribution in [0.4, 0.5) is 18.9 Å². The highest BCUT2D eigenvalue weighted by Crippen LogP contribution is 2.36. The van der Waals surface area contributed by atoms with E-state index in [0.29, 0.717) is 12.2 Å². The summed E-state index contributed by atoms with van der Waals surface area (Å²) in [5, 5.41) is 3.01. The number of alkyl halides is 3. The molecule has 0 unspecified atom stereocenters. The third kappa shape index (κ3) is 3.47. The number of benzene rings is 1. The van der Waals surface area contributed by atoms with E-state index in [1.165, 1.54) is 6.07 Å². The van der Waals surface area contributed by atoms with E-state index >= 15 is 0 Å². The molecule has 7 heteroatoms. The van der Waals surface area contributed by atoms with Crippen molar-refractivity contribution in [2.24, 2.45) is 5.73 Å². The number of thiocarbonyl (C=S) groups is 1. The molecule has 0 heterocycles. The molecule has 0 aliphatic heterocycles. The fraction of sp³-hybridized carbons (Fsp3) is 0.500.